The fraction of sp³-hybridized carbons (Fsp3) is 0.853. The van der Waals surface area contributed by atoms with Gasteiger partial charge in [-0.2, -0.15) is 0 Å². The second kappa shape index (κ2) is 33.7. The summed E-state index contributed by atoms with van der Waals surface area (Å²) in [6.07, 6.45) is 71.0. The summed E-state index contributed by atoms with van der Waals surface area (Å²) in [5.41, 5.74) is 8.13. The van der Waals surface area contributed by atoms with Gasteiger partial charge in [0.1, 0.15) is 8.24 Å². The number of benzene rings is 1. The largest absolute Gasteiger partial charge is 0.316 e. The van der Waals surface area contributed by atoms with Crippen LogP contribution in [-0.4, -0.2) is 24.4 Å². The molecule has 2 fully saturated rings. The molecule has 402 valence electrons. The zero-order valence-electron chi connectivity index (χ0n) is 48.5. The molecular weight excluding hydrogens is 859 g/mol. The minimum absolute atomic E-state index is 0.212. The van der Waals surface area contributed by atoms with Crippen LogP contribution in [0.4, 0.5) is 0 Å². The summed E-state index contributed by atoms with van der Waals surface area (Å²) in [7, 11) is -1.78. The van der Waals surface area contributed by atoms with Gasteiger partial charge >= 0.3 is 0 Å². The molecule has 3 unspecified atom stereocenters. The molecule has 2 heteroatoms. The van der Waals surface area contributed by atoms with Gasteiger partial charge in [-0.05, 0) is 92.5 Å². The Labute approximate surface area is 440 Å². The Balaban J connectivity index is 1.14. The van der Waals surface area contributed by atoms with E-state index in [1.54, 1.807) is 16.7 Å². The molecular formula is C68H121NSi. The second-order valence-corrected chi connectivity index (χ2v) is 30.8. The highest BCUT2D eigenvalue weighted by Crippen LogP contribution is 2.62. The molecule has 0 spiro atoms. The molecule has 1 aromatic rings. The maximum Gasteiger partial charge on any atom is 0.126 e. The highest BCUT2D eigenvalue weighted by atomic mass is 28.3. The monoisotopic (exact) mass is 980 g/mol. The fourth-order valence-electron chi connectivity index (χ4n) is 15.6. The Kier molecular flexibility index (Phi) is 28.8. The van der Waals surface area contributed by atoms with Crippen LogP contribution < -0.4 is 0 Å². The van der Waals surface area contributed by atoms with Crippen LogP contribution in [0.15, 0.2) is 42.0 Å². The van der Waals surface area contributed by atoms with Crippen molar-refractivity contribution in [2.24, 2.45) is 11.8 Å². The van der Waals surface area contributed by atoms with Crippen LogP contribution in [0.25, 0.3) is 5.57 Å². The molecule has 0 aromatic heterocycles. The molecule has 4 aliphatic carbocycles. The van der Waals surface area contributed by atoms with Crippen molar-refractivity contribution in [3.05, 3.63) is 53.1 Å². The molecule has 0 aliphatic heterocycles. The molecule has 5 rings (SSSR count). The molecule has 1 aromatic carbocycles. The van der Waals surface area contributed by atoms with Crippen molar-refractivity contribution in [3.8, 4) is 0 Å². The van der Waals surface area contributed by atoms with Crippen molar-refractivity contribution in [1.29, 1.82) is 0 Å². The first-order chi connectivity index (χ1) is 34.1. The molecule has 4 aliphatic rings. The van der Waals surface area contributed by atoms with E-state index >= 15 is 0 Å². The molecule has 0 N–H and O–H groups in total. The van der Waals surface area contributed by atoms with Crippen LogP contribution in [-0.2, 0) is 5.41 Å². The van der Waals surface area contributed by atoms with Crippen LogP contribution in [0.3, 0.4) is 0 Å². The van der Waals surface area contributed by atoms with Gasteiger partial charge in [-0.3, -0.25) is 0 Å². The van der Waals surface area contributed by atoms with Crippen molar-refractivity contribution in [2.45, 2.75) is 359 Å². The number of fused-ring (bicyclic) bond motifs is 4. The minimum Gasteiger partial charge on any atom is -0.316 e. The lowest BCUT2D eigenvalue weighted by Crippen LogP contribution is -2.64. The zero-order valence-corrected chi connectivity index (χ0v) is 49.5. The van der Waals surface area contributed by atoms with Gasteiger partial charge in [0.25, 0.3) is 0 Å². The summed E-state index contributed by atoms with van der Waals surface area (Å²) < 4.78 is 3.21. The van der Waals surface area contributed by atoms with Crippen molar-refractivity contribution in [1.82, 2.24) is 4.57 Å². The van der Waals surface area contributed by atoms with Gasteiger partial charge in [-0.1, -0.05) is 320 Å². The third kappa shape index (κ3) is 19.2. The van der Waals surface area contributed by atoms with Crippen LogP contribution in [0.2, 0.25) is 18.6 Å². The van der Waals surface area contributed by atoms with Crippen LogP contribution in [0.1, 0.15) is 335 Å². The molecule has 3 atom stereocenters. The number of rotatable bonds is 41. The van der Waals surface area contributed by atoms with E-state index in [1.165, 1.54) is 289 Å². The van der Waals surface area contributed by atoms with Gasteiger partial charge in [0, 0.05) is 17.0 Å². The van der Waals surface area contributed by atoms with Crippen LogP contribution in [0.5, 0.6) is 0 Å². The first-order valence-electron chi connectivity index (χ1n) is 32.5. The quantitative estimate of drug-likeness (QED) is 0.0467. The Morgan fingerprint density at radius 2 is 0.857 bits per heavy atom. The average Bonchev–Trinajstić information content (AvgIpc) is 3.89. The van der Waals surface area contributed by atoms with E-state index in [1.807, 2.05) is 5.57 Å². The van der Waals surface area contributed by atoms with Gasteiger partial charge < -0.3 is 4.57 Å². The van der Waals surface area contributed by atoms with Gasteiger partial charge in [-0.25, -0.2) is 0 Å². The number of nitrogens with zero attached hydrogens (tertiary/aromatic N) is 1. The van der Waals surface area contributed by atoms with E-state index < -0.39 is 8.24 Å². The Morgan fingerprint density at radius 1 is 0.471 bits per heavy atom. The summed E-state index contributed by atoms with van der Waals surface area (Å²) in [5.74, 6) is 1.45. The third-order valence-electron chi connectivity index (χ3n) is 19.2. The summed E-state index contributed by atoms with van der Waals surface area (Å²) >= 11 is 0. The molecule has 0 heterocycles. The highest BCUT2D eigenvalue weighted by molar-refractivity contribution is 6.76. The number of hydrogen-bond acceptors (Lipinski definition) is 1. The maximum atomic E-state index is 3.21. The Bertz CT molecular complexity index is 1510. The molecule has 2 saturated carbocycles. The molecule has 0 amide bonds. The topological polar surface area (TPSA) is 3.24 Å². The van der Waals surface area contributed by atoms with E-state index in [0.717, 1.165) is 23.4 Å². The molecule has 70 heavy (non-hydrogen) atoms. The van der Waals surface area contributed by atoms with E-state index in [-0.39, 0.29) is 11.0 Å². The summed E-state index contributed by atoms with van der Waals surface area (Å²) in [5, 5.41) is 0. The minimum atomic E-state index is -1.78. The predicted octanol–water partition coefficient (Wildman–Crippen LogP) is 23.2. The van der Waals surface area contributed by atoms with Gasteiger partial charge in [0.2, 0.25) is 0 Å². The van der Waals surface area contributed by atoms with Gasteiger partial charge in [0.05, 0.1) is 0 Å². The zero-order chi connectivity index (χ0) is 49.8. The Morgan fingerprint density at radius 3 is 1.26 bits per heavy atom. The standard InChI is InChI=1S/C68H121NSi/c1-8-10-12-14-16-18-20-22-24-26-28-30-32-34-36-38-40-47-55-68(56-48-41-39-37-35-33-31-29-27-25-23-21-19-17-15-13-11-9-2)64-52-46-45-51-61(64)63-57-59-53-54-66(62(59)58-65(63)68)70(6,7)69(67(3,4)5)60-49-43-42-44-50-60/h45-46,51-52,57-60,62,66H,8-44,47-50,53-56H2,1-7H3. The van der Waals surface area contributed by atoms with Gasteiger partial charge in [0.15, 0.2) is 0 Å². The van der Waals surface area contributed by atoms with E-state index in [0.29, 0.717) is 0 Å². The summed E-state index contributed by atoms with van der Waals surface area (Å²) in [4.78, 5) is 0. The first kappa shape index (κ1) is 59.7. The molecule has 0 bridgehead atoms. The number of hydrogen-bond donors (Lipinski definition) is 0. The molecule has 0 saturated heterocycles. The SMILES string of the molecule is CCCCCCCCCCCCCCCCCCCCC1(CCCCCCCCCCCCCCCCCCCC)C2=CC3C(C=C2c2ccccc21)CCC3[Si](C)(C)N(C1CCCCC1)C(C)(C)C. The maximum absolute atomic E-state index is 3.21. The number of unbranched alkanes of at least 4 members (excludes halogenated alkanes) is 34. The third-order valence-corrected chi connectivity index (χ3v) is 23.9. The lowest BCUT2D eigenvalue weighted by atomic mass is 9.68. The summed E-state index contributed by atoms with van der Waals surface area (Å²) in [6, 6.07) is 10.7. The van der Waals surface area contributed by atoms with E-state index in [9.17, 15) is 0 Å². The van der Waals surface area contributed by atoms with E-state index in [2.05, 4.69) is 88.7 Å². The van der Waals surface area contributed by atoms with Crippen molar-refractivity contribution in [3.63, 3.8) is 0 Å². The lowest BCUT2D eigenvalue weighted by Gasteiger charge is -2.55. The first-order valence-corrected chi connectivity index (χ1v) is 35.5. The number of allylic oxidation sites excluding steroid dienone is 4. The van der Waals surface area contributed by atoms with Crippen LogP contribution in [0, 0.1) is 11.8 Å². The van der Waals surface area contributed by atoms with Crippen molar-refractivity contribution < 1.29 is 0 Å². The van der Waals surface area contributed by atoms with Gasteiger partial charge in [-0.15, -0.1) is 0 Å². The molecule has 1 nitrogen and oxygen atoms in total. The predicted molar refractivity (Wildman–Crippen MR) is 317 cm³/mol. The normalized spacial score (nSPS) is 20.2. The van der Waals surface area contributed by atoms with Crippen molar-refractivity contribution >= 4 is 13.8 Å². The highest BCUT2D eigenvalue weighted by Gasteiger charge is 2.54. The Hall–Kier alpha value is -1.12. The lowest BCUT2D eigenvalue weighted by molar-refractivity contribution is 0.140. The second-order valence-electron chi connectivity index (χ2n) is 26.2. The summed E-state index contributed by atoms with van der Waals surface area (Å²) in [6.45, 7) is 18.0. The molecule has 0 radical (unpaired) electrons. The average molecular weight is 981 g/mol. The smallest absolute Gasteiger partial charge is 0.126 e. The fourth-order valence-corrected chi connectivity index (χ4v) is 21.0. The van der Waals surface area contributed by atoms with Crippen LogP contribution >= 0.6 is 0 Å². The van der Waals surface area contributed by atoms with E-state index in [4.69, 9.17) is 0 Å². The van der Waals surface area contributed by atoms with Crippen molar-refractivity contribution in [2.75, 3.05) is 0 Å².